The Hall–Kier alpha value is -1.85. The number of ether oxygens (including phenoxy) is 1. The second-order valence-electron chi connectivity index (χ2n) is 3.42. The Balaban J connectivity index is 2.44. The first-order valence-corrected chi connectivity index (χ1v) is 4.65. The van der Waals surface area contributed by atoms with Gasteiger partial charge in [-0.1, -0.05) is 5.16 Å². The van der Waals surface area contributed by atoms with E-state index in [1.807, 2.05) is 0 Å². The fourth-order valence-electron chi connectivity index (χ4n) is 1.40. The average Bonchev–Trinajstić information content (AvgIpc) is 3.11. The van der Waals surface area contributed by atoms with E-state index in [-0.39, 0.29) is 5.84 Å². The highest BCUT2D eigenvalue weighted by atomic mass is 16.5. The summed E-state index contributed by atoms with van der Waals surface area (Å²) in [4.78, 5) is 8.15. The zero-order valence-electron chi connectivity index (χ0n) is 8.34. The smallest absolute Gasteiger partial charge is 0.316 e. The molecule has 2 rings (SSSR count). The molecule has 15 heavy (non-hydrogen) atoms. The van der Waals surface area contributed by atoms with Gasteiger partial charge < -0.3 is 15.7 Å². The van der Waals surface area contributed by atoms with Crippen LogP contribution in [0.3, 0.4) is 0 Å². The van der Waals surface area contributed by atoms with Crippen molar-refractivity contribution in [1.82, 2.24) is 9.97 Å². The molecule has 0 amide bonds. The van der Waals surface area contributed by atoms with Crippen LogP contribution in [0.5, 0.6) is 6.01 Å². The minimum absolute atomic E-state index is 0.0413. The lowest BCUT2D eigenvalue weighted by Crippen LogP contribution is -2.17. The summed E-state index contributed by atoms with van der Waals surface area (Å²) in [6.07, 6.45) is 3.67. The largest absolute Gasteiger partial charge is 0.467 e. The molecule has 3 N–H and O–H groups in total. The van der Waals surface area contributed by atoms with Crippen LogP contribution in [0, 0.1) is 0 Å². The molecule has 0 saturated heterocycles. The van der Waals surface area contributed by atoms with Crippen LogP contribution < -0.4 is 10.5 Å². The predicted molar refractivity (Wildman–Crippen MR) is 53.1 cm³/mol. The fraction of sp³-hybridized carbons (Fsp3) is 0.444. The van der Waals surface area contributed by atoms with Gasteiger partial charge in [-0.15, -0.1) is 0 Å². The van der Waals surface area contributed by atoms with Crippen molar-refractivity contribution in [3.8, 4) is 6.01 Å². The van der Waals surface area contributed by atoms with Crippen LogP contribution in [-0.4, -0.2) is 28.1 Å². The van der Waals surface area contributed by atoms with E-state index in [4.69, 9.17) is 15.7 Å². The van der Waals surface area contributed by atoms with Gasteiger partial charge >= 0.3 is 6.01 Å². The van der Waals surface area contributed by atoms with E-state index < -0.39 is 0 Å². The van der Waals surface area contributed by atoms with Gasteiger partial charge in [-0.2, -0.15) is 4.98 Å². The second-order valence-corrected chi connectivity index (χ2v) is 3.42. The van der Waals surface area contributed by atoms with Crippen molar-refractivity contribution in [3.05, 3.63) is 17.5 Å². The van der Waals surface area contributed by atoms with E-state index in [1.165, 1.54) is 13.3 Å². The number of aromatic nitrogens is 2. The van der Waals surface area contributed by atoms with Gasteiger partial charge in [-0.05, 0) is 12.8 Å². The molecule has 0 aliphatic heterocycles. The standard InChI is InChI=1S/C9H12N4O2/c1-15-9-11-4-6(8(10)13-14)7(12-9)5-2-3-5/h4-5,14H,2-3H2,1H3,(H2,10,13). The molecule has 6 nitrogen and oxygen atoms in total. The van der Waals surface area contributed by atoms with E-state index in [2.05, 4.69) is 15.1 Å². The molecule has 0 radical (unpaired) electrons. The monoisotopic (exact) mass is 208 g/mol. The maximum atomic E-state index is 8.62. The van der Waals surface area contributed by atoms with Crippen LogP contribution in [0.4, 0.5) is 0 Å². The van der Waals surface area contributed by atoms with E-state index in [0.29, 0.717) is 17.5 Å². The summed E-state index contributed by atoms with van der Waals surface area (Å²) in [5.41, 5.74) is 6.92. The summed E-state index contributed by atoms with van der Waals surface area (Å²) in [6.45, 7) is 0. The van der Waals surface area contributed by atoms with E-state index in [1.54, 1.807) is 0 Å². The Labute approximate surface area is 86.8 Å². The molecule has 0 bridgehead atoms. The van der Waals surface area contributed by atoms with Crippen molar-refractivity contribution in [2.75, 3.05) is 7.11 Å². The molecule has 0 aromatic carbocycles. The third kappa shape index (κ3) is 1.83. The predicted octanol–water partition coefficient (Wildman–Crippen LogP) is 0.457. The Kier molecular flexibility index (Phi) is 2.40. The number of rotatable bonds is 3. The molecule has 0 spiro atoms. The number of methoxy groups -OCH3 is 1. The summed E-state index contributed by atoms with van der Waals surface area (Å²) in [6, 6.07) is 0.311. The zero-order valence-corrected chi connectivity index (χ0v) is 8.34. The quantitative estimate of drug-likeness (QED) is 0.325. The van der Waals surface area contributed by atoms with Gasteiger partial charge in [0.1, 0.15) is 0 Å². The topological polar surface area (TPSA) is 93.6 Å². The van der Waals surface area contributed by atoms with Crippen LogP contribution in [0.15, 0.2) is 11.4 Å². The molecule has 1 saturated carbocycles. The molecule has 80 valence electrons. The average molecular weight is 208 g/mol. The van der Waals surface area contributed by atoms with Crippen LogP contribution in [-0.2, 0) is 0 Å². The molecular weight excluding hydrogens is 196 g/mol. The summed E-state index contributed by atoms with van der Waals surface area (Å²) in [5.74, 6) is 0.428. The molecule has 1 aliphatic rings. The molecule has 0 unspecified atom stereocenters. The number of nitrogens with two attached hydrogens (primary N) is 1. The lowest BCUT2D eigenvalue weighted by Gasteiger charge is -2.06. The molecule has 1 aromatic rings. The van der Waals surface area contributed by atoms with E-state index >= 15 is 0 Å². The third-order valence-electron chi connectivity index (χ3n) is 2.33. The number of hydrogen-bond acceptors (Lipinski definition) is 5. The lowest BCUT2D eigenvalue weighted by atomic mass is 10.1. The molecule has 1 heterocycles. The summed E-state index contributed by atoms with van der Waals surface area (Å²) in [5, 5.41) is 11.6. The third-order valence-corrected chi connectivity index (χ3v) is 2.33. The van der Waals surface area contributed by atoms with E-state index in [0.717, 1.165) is 18.5 Å². The minimum atomic E-state index is 0.0413. The molecular formula is C9H12N4O2. The zero-order chi connectivity index (χ0) is 10.8. The van der Waals surface area contributed by atoms with Gasteiger partial charge in [0.2, 0.25) is 0 Å². The van der Waals surface area contributed by atoms with Crippen LogP contribution >= 0.6 is 0 Å². The van der Waals surface area contributed by atoms with Gasteiger partial charge in [0.05, 0.1) is 18.4 Å². The Morgan fingerprint density at radius 2 is 2.40 bits per heavy atom. The molecule has 1 aliphatic carbocycles. The second kappa shape index (κ2) is 3.72. The fourth-order valence-corrected chi connectivity index (χ4v) is 1.40. The summed E-state index contributed by atoms with van der Waals surface area (Å²) < 4.78 is 4.94. The molecule has 1 aromatic heterocycles. The van der Waals surface area contributed by atoms with Crippen LogP contribution in [0.25, 0.3) is 0 Å². The van der Waals surface area contributed by atoms with Crippen LogP contribution in [0.2, 0.25) is 0 Å². The maximum Gasteiger partial charge on any atom is 0.316 e. The number of oxime groups is 1. The Morgan fingerprint density at radius 1 is 1.67 bits per heavy atom. The minimum Gasteiger partial charge on any atom is -0.467 e. The number of hydrogen-bond donors (Lipinski definition) is 2. The Morgan fingerprint density at radius 3 is 2.93 bits per heavy atom. The molecule has 0 atom stereocenters. The van der Waals surface area contributed by atoms with Crippen molar-refractivity contribution in [2.45, 2.75) is 18.8 Å². The lowest BCUT2D eigenvalue weighted by molar-refractivity contribution is 0.318. The van der Waals surface area contributed by atoms with Crippen molar-refractivity contribution in [2.24, 2.45) is 10.9 Å². The van der Waals surface area contributed by atoms with E-state index in [9.17, 15) is 0 Å². The maximum absolute atomic E-state index is 8.62. The van der Waals surface area contributed by atoms with Crippen molar-refractivity contribution in [3.63, 3.8) is 0 Å². The number of amidine groups is 1. The van der Waals surface area contributed by atoms with Crippen molar-refractivity contribution < 1.29 is 9.94 Å². The van der Waals surface area contributed by atoms with Crippen LogP contribution in [0.1, 0.15) is 30.0 Å². The molecule has 6 heteroatoms. The first-order chi connectivity index (χ1) is 7.26. The highest BCUT2D eigenvalue weighted by Gasteiger charge is 2.29. The normalized spacial score (nSPS) is 16.5. The van der Waals surface area contributed by atoms with Gasteiger partial charge in [-0.3, -0.25) is 0 Å². The SMILES string of the molecule is COc1ncc(/C(N)=N\O)c(C2CC2)n1. The van der Waals surface area contributed by atoms with Gasteiger partial charge in [0.25, 0.3) is 0 Å². The first-order valence-electron chi connectivity index (χ1n) is 4.65. The van der Waals surface area contributed by atoms with Gasteiger partial charge in [0, 0.05) is 12.1 Å². The summed E-state index contributed by atoms with van der Waals surface area (Å²) >= 11 is 0. The number of nitrogens with zero attached hydrogens (tertiary/aromatic N) is 3. The Bertz CT molecular complexity index is 401. The van der Waals surface area contributed by atoms with Gasteiger partial charge in [0.15, 0.2) is 5.84 Å². The van der Waals surface area contributed by atoms with Crippen molar-refractivity contribution >= 4 is 5.84 Å². The highest BCUT2D eigenvalue weighted by Crippen LogP contribution is 2.40. The van der Waals surface area contributed by atoms with Gasteiger partial charge in [-0.25, -0.2) is 4.98 Å². The highest BCUT2D eigenvalue weighted by molar-refractivity contribution is 5.98. The molecule has 1 fully saturated rings. The first kappa shape index (κ1) is 9.70. The summed E-state index contributed by atoms with van der Waals surface area (Å²) in [7, 11) is 1.51. The van der Waals surface area contributed by atoms with Crippen molar-refractivity contribution in [1.29, 1.82) is 0 Å².